The van der Waals surface area contributed by atoms with Gasteiger partial charge in [-0.05, 0) is 68.2 Å². The molecular weight excluding hydrogens is 552 g/mol. The molecular formula is C30H41ClN2O8. The van der Waals surface area contributed by atoms with Gasteiger partial charge in [-0.3, -0.25) is 4.79 Å². The SMILES string of the molecule is CCCCCCCC1Oc2ccc(Cl)cc2C(=O)N1CCCNCCc1ccc(OC)c(OC)c1.O=C(O)C(=O)O. The molecule has 0 fully saturated rings. The lowest BCUT2D eigenvalue weighted by atomic mass is 10.1. The van der Waals surface area contributed by atoms with E-state index in [2.05, 4.69) is 18.3 Å². The van der Waals surface area contributed by atoms with Gasteiger partial charge in [-0.1, -0.05) is 50.3 Å². The monoisotopic (exact) mass is 592 g/mol. The van der Waals surface area contributed by atoms with E-state index in [9.17, 15) is 4.79 Å². The summed E-state index contributed by atoms with van der Waals surface area (Å²) in [5, 5.41) is 18.8. The zero-order valence-corrected chi connectivity index (χ0v) is 24.7. The van der Waals surface area contributed by atoms with Crippen LogP contribution in [0, 0.1) is 0 Å². The van der Waals surface area contributed by atoms with Crippen molar-refractivity contribution in [2.45, 2.75) is 64.5 Å². The molecule has 0 radical (unpaired) electrons. The number of halogens is 1. The topological polar surface area (TPSA) is 135 Å². The first kappa shape index (κ1) is 33.7. The molecule has 1 unspecified atom stereocenters. The highest BCUT2D eigenvalue weighted by Gasteiger charge is 2.33. The minimum absolute atomic E-state index is 0.0117. The quantitative estimate of drug-likeness (QED) is 0.187. The van der Waals surface area contributed by atoms with Crippen molar-refractivity contribution in [1.29, 1.82) is 0 Å². The Morgan fingerprint density at radius 1 is 0.951 bits per heavy atom. The zero-order chi connectivity index (χ0) is 30.2. The molecule has 1 amide bonds. The highest BCUT2D eigenvalue weighted by Crippen LogP contribution is 2.32. The summed E-state index contributed by atoms with van der Waals surface area (Å²) >= 11 is 6.16. The number of carbonyl (C=O) groups is 3. The summed E-state index contributed by atoms with van der Waals surface area (Å²) in [7, 11) is 3.29. The fraction of sp³-hybridized carbons (Fsp3) is 0.500. The van der Waals surface area contributed by atoms with E-state index in [-0.39, 0.29) is 12.1 Å². The molecule has 41 heavy (non-hydrogen) atoms. The van der Waals surface area contributed by atoms with Crippen LogP contribution in [0.4, 0.5) is 0 Å². The van der Waals surface area contributed by atoms with Gasteiger partial charge >= 0.3 is 11.9 Å². The number of methoxy groups -OCH3 is 2. The number of benzene rings is 2. The number of aliphatic carboxylic acids is 2. The van der Waals surface area contributed by atoms with Gasteiger partial charge in [0.05, 0.1) is 19.8 Å². The molecule has 0 bridgehead atoms. The van der Waals surface area contributed by atoms with E-state index >= 15 is 0 Å². The van der Waals surface area contributed by atoms with Gasteiger partial charge in [0.1, 0.15) is 5.75 Å². The van der Waals surface area contributed by atoms with E-state index in [1.54, 1.807) is 26.4 Å². The molecule has 1 atom stereocenters. The standard InChI is InChI=1S/C28H39ClN2O4.C2H2O4/c1-4-5-6-7-8-10-27-31(28(32)23-20-22(29)12-14-24(23)35-27)18-9-16-30-17-15-21-11-13-25(33-2)26(19-21)34-3;3-1(4)2(5)6/h11-14,19-20,27,30H,4-10,15-18H2,1-3H3;(H,3,4)(H,5,6). The third kappa shape index (κ3) is 11.1. The number of hydrogen-bond donors (Lipinski definition) is 3. The number of rotatable bonds is 15. The molecule has 226 valence electrons. The van der Waals surface area contributed by atoms with E-state index in [0.29, 0.717) is 22.9 Å². The molecule has 1 aliphatic heterocycles. The molecule has 0 aliphatic carbocycles. The Morgan fingerprint density at radius 3 is 2.32 bits per heavy atom. The van der Waals surface area contributed by atoms with Crippen LogP contribution in [0.5, 0.6) is 17.2 Å². The van der Waals surface area contributed by atoms with E-state index < -0.39 is 11.9 Å². The summed E-state index contributed by atoms with van der Waals surface area (Å²) < 4.78 is 16.9. The average Bonchev–Trinajstić information content (AvgIpc) is 2.96. The number of carbonyl (C=O) groups excluding carboxylic acids is 1. The third-order valence-electron chi connectivity index (χ3n) is 6.57. The summed E-state index contributed by atoms with van der Waals surface area (Å²) in [6, 6.07) is 11.3. The van der Waals surface area contributed by atoms with E-state index in [4.69, 9.17) is 45.6 Å². The van der Waals surface area contributed by atoms with Gasteiger partial charge in [-0.15, -0.1) is 0 Å². The Kier molecular flexibility index (Phi) is 14.8. The van der Waals surface area contributed by atoms with Crippen LogP contribution < -0.4 is 19.5 Å². The van der Waals surface area contributed by atoms with Crippen LogP contribution in [-0.2, 0) is 16.0 Å². The molecule has 3 N–H and O–H groups in total. The van der Waals surface area contributed by atoms with Crippen molar-refractivity contribution in [2.24, 2.45) is 0 Å². The molecule has 0 saturated carbocycles. The second-order valence-corrected chi connectivity index (χ2v) is 10.0. The maximum atomic E-state index is 13.3. The maximum Gasteiger partial charge on any atom is 0.414 e. The van der Waals surface area contributed by atoms with Crippen LogP contribution in [0.3, 0.4) is 0 Å². The van der Waals surface area contributed by atoms with Crippen LogP contribution in [0.1, 0.15) is 67.8 Å². The van der Waals surface area contributed by atoms with Gasteiger partial charge in [0.25, 0.3) is 5.91 Å². The van der Waals surface area contributed by atoms with Gasteiger partial charge in [-0.25, -0.2) is 9.59 Å². The molecule has 0 aromatic heterocycles. The lowest BCUT2D eigenvalue weighted by molar-refractivity contribution is -0.159. The normalized spacial score (nSPS) is 13.9. The van der Waals surface area contributed by atoms with Crippen molar-refractivity contribution < 1.29 is 38.8 Å². The fourth-order valence-corrected chi connectivity index (χ4v) is 4.59. The molecule has 1 heterocycles. The van der Waals surface area contributed by atoms with Crippen LogP contribution in [0.25, 0.3) is 0 Å². The molecule has 1 aliphatic rings. The molecule has 2 aromatic rings. The number of nitrogens with zero attached hydrogens (tertiary/aromatic N) is 1. The fourth-order valence-electron chi connectivity index (χ4n) is 4.42. The smallest absolute Gasteiger partial charge is 0.414 e. The van der Waals surface area contributed by atoms with Crippen molar-refractivity contribution in [2.75, 3.05) is 33.9 Å². The van der Waals surface area contributed by atoms with E-state index in [1.807, 2.05) is 23.1 Å². The van der Waals surface area contributed by atoms with Gasteiger partial charge in [0.15, 0.2) is 17.7 Å². The number of unbranched alkanes of at least 4 members (excludes halogenated alkanes) is 4. The van der Waals surface area contributed by atoms with Gasteiger partial charge in [0.2, 0.25) is 0 Å². The van der Waals surface area contributed by atoms with Crippen molar-refractivity contribution in [3.63, 3.8) is 0 Å². The number of carboxylic acid groups (broad SMARTS) is 2. The molecule has 2 aromatic carbocycles. The summed E-state index contributed by atoms with van der Waals surface area (Å²) in [6.07, 6.45) is 8.30. The van der Waals surface area contributed by atoms with Crippen LogP contribution in [0.2, 0.25) is 5.02 Å². The number of hydrogen-bond acceptors (Lipinski definition) is 7. The first-order valence-electron chi connectivity index (χ1n) is 13.9. The van der Waals surface area contributed by atoms with Crippen LogP contribution in [0.15, 0.2) is 36.4 Å². The Morgan fingerprint density at radius 2 is 1.66 bits per heavy atom. The van der Waals surface area contributed by atoms with Gasteiger partial charge in [0, 0.05) is 18.0 Å². The average molecular weight is 593 g/mol. The molecule has 0 spiro atoms. The first-order chi connectivity index (χ1) is 19.7. The number of fused-ring (bicyclic) bond motifs is 1. The minimum Gasteiger partial charge on any atom is -0.493 e. The molecule has 0 saturated heterocycles. The Labute approximate surface area is 246 Å². The van der Waals surface area contributed by atoms with E-state index in [1.165, 1.54) is 31.2 Å². The summed E-state index contributed by atoms with van der Waals surface area (Å²) in [5.41, 5.74) is 1.74. The number of ether oxygens (including phenoxy) is 3. The van der Waals surface area contributed by atoms with Crippen LogP contribution >= 0.6 is 11.6 Å². The zero-order valence-electron chi connectivity index (χ0n) is 24.0. The van der Waals surface area contributed by atoms with Crippen molar-refractivity contribution in [3.05, 3.63) is 52.5 Å². The Bertz CT molecular complexity index is 1130. The second-order valence-electron chi connectivity index (χ2n) is 9.57. The number of carboxylic acids is 2. The first-order valence-corrected chi connectivity index (χ1v) is 14.2. The molecule has 10 nitrogen and oxygen atoms in total. The molecule has 11 heteroatoms. The van der Waals surface area contributed by atoms with Crippen molar-refractivity contribution in [3.8, 4) is 17.2 Å². The summed E-state index contributed by atoms with van der Waals surface area (Å²) in [4.78, 5) is 33.4. The largest absolute Gasteiger partial charge is 0.493 e. The summed E-state index contributed by atoms with van der Waals surface area (Å²) in [5.74, 6) is -1.51. The number of amides is 1. The van der Waals surface area contributed by atoms with Gasteiger partial charge in [-0.2, -0.15) is 0 Å². The Balaban J connectivity index is 0.000000883. The minimum atomic E-state index is -1.82. The third-order valence-corrected chi connectivity index (χ3v) is 6.81. The maximum absolute atomic E-state index is 13.3. The van der Waals surface area contributed by atoms with Crippen molar-refractivity contribution >= 4 is 29.4 Å². The predicted octanol–water partition coefficient (Wildman–Crippen LogP) is 5.26. The lowest BCUT2D eigenvalue weighted by Crippen LogP contribution is -2.48. The van der Waals surface area contributed by atoms with Gasteiger partial charge < -0.3 is 34.6 Å². The lowest BCUT2D eigenvalue weighted by Gasteiger charge is -2.37. The Hall–Kier alpha value is -3.50. The predicted molar refractivity (Wildman–Crippen MR) is 156 cm³/mol. The highest BCUT2D eigenvalue weighted by molar-refractivity contribution is 6.31. The summed E-state index contributed by atoms with van der Waals surface area (Å²) in [6.45, 7) is 4.53. The second kappa shape index (κ2) is 18.0. The molecule has 3 rings (SSSR count). The van der Waals surface area contributed by atoms with Crippen LogP contribution in [-0.4, -0.2) is 73.0 Å². The van der Waals surface area contributed by atoms with Crippen molar-refractivity contribution in [1.82, 2.24) is 10.2 Å². The van der Waals surface area contributed by atoms with E-state index in [0.717, 1.165) is 50.3 Å². The highest BCUT2D eigenvalue weighted by atomic mass is 35.5. The number of nitrogens with one attached hydrogen (secondary N) is 1.